The highest BCUT2D eigenvalue weighted by Gasteiger charge is 2.20. The molecule has 0 bridgehead atoms. The number of fused-ring (bicyclic) bond motifs is 1. The molecule has 0 spiro atoms. The largest absolute Gasteiger partial charge is 0.313 e. The second kappa shape index (κ2) is 3.54. The minimum absolute atomic E-state index is 0.306. The van der Waals surface area contributed by atoms with E-state index in [2.05, 4.69) is 18.3 Å². The SMILES string of the molecule is Cc1cc(C)c2c(c1)C(=O)CCC[NH2+]2. The van der Waals surface area contributed by atoms with Crippen molar-refractivity contribution in [3.63, 3.8) is 0 Å². The highest BCUT2D eigenvalue weighted by atomic mass is 16.1. The Morgan fingerprint density at radius 1 is 1.29 bits per heavy atom. The first-order valence-corrected chi connectivity index (χ1v) is 5.16. The third-order valence-corrected chi connectivity index (χ3v) is 2.79. The van der Waals surface area contributed by atoms with E-state index in [9.17, 15) is 4.79 Å². The molecule has 1 heterocycles. The van der Waals surface area contributed by atoms with E-state index in [0.717, 1.165) is 24.2 Å². The lowest BCUT2D eigenvalue weighted by Crippen LogP contribution is -2.78. The predicted molar refractivity (Wildman–Crippen MR) is 55.9 cm³/mol. The molecule has 1 aromatic carbocycles. The molecule has 1 aromatic rings. The summed E-state index contributed by atoms with van der Waals surface area (Å²) in [6, 6.07) is 4.17. The van der Waals surface area contributed by atoms with Gasteiger partial charge in [-0.2, -0.15) is 0 Å². The van der Waals surface area contributed by atoms with Crippen LogP contribution in [0.3, 0.4) is 0 Å². The van der Waals surface area contributed by atoms with Gasteiger partial charge in [0.25, 0.3) is 0 Å². The van der Waals surface area contributed by atoms with E-state index in [0.29, 0.717) is 12.2 Å². The minimum atomic E-state index is 0.306. The third-order valence-electron chi connectivity index (χ3n) is 2.79. The fraction of sp³-hybridized carbons (Fsp3) is 0.417. The van der Waals surface area contributed by atoms with Crippen molar-refractivity contribution in [3.8, 4) is 0 Å². The van der Waals surface area contributed by atoms with Crippen LogP contribution in [0.15, 0.2) is 12.1 Å². The number of ketones is 1. The molecule has 0 saturated carbocycles. The molecule has 74 valence electrons. The Hall–Kier alpha value is -1.15. The standard InChI is InChI=1S/C12H15NO/c1-8-6-9(2)12-10(7-8)11(14)4-3-5-13-12/h6-7,13H,3-5H2,1-2H3/p+1. The van der Waals surface area contributed by atoms with Crippen LogP contribution >= 0.6 is 0 Å². The Balaban J connectivity index is 2.58. The number of quaternary nitrogens is 1. The van der Waals surface area contributed by atoms with Gasteiger partial charge in [0.1, 0.15) is 5.69 Å². The molecule has 0 amide bonds. The van der Waals surface area contributed by atoms with Crippen molar-refractivity contribution in [2.75, 3.05) is 6.54 Å². The van der Waals surface area contributed by atoms with Crippen LogP contribution in [-0.2, 0) is 0 Å². The molecule has 1 aliphatic rings. The van der Waals surface area contributed by atoms with E-state index in [4.69, 9.17) is 0 Å². The molecule has 14 heavy (non-hydrogen) atoms. The van der Waals surface area contributed by atoms with Crippen molar-refractivity contribution < 1.29 is 10.1 Å². The molecule has 1 aliphatic heterocycles. The molecule has 0 aromatic heterocycles. The summed E-state index contributed by atoms with van der Waals surface area (Å²) in [7, 11) is 0. The van der Waals surface area contributed by atoms with E-state index in [-0.39, 0.29) is 0 Å². The van der Waals surface area contributed by atoms with Crippen molar-refractivity contribution in [2.45, 2.75) is 26.7 Å². The summed E-state index contributed by atoms with van der Waals surface area (Å²) in [5, 5.41) is 2.20. The molecule has 0 radical (unpaired) electrons. The fourth-order valence-electron chi connectivity index (χ4n) is 2.12. The minimum Gasteiger partial charge on any atom is -0.313 e. The van der Waals surface area contributed by atoms with Crippen LogP contribution in [0, 0.1) is 13.8 Å². The summed E-state index contributed by atoms with van der Waals surface area (Å²) in [5.74, 6) is 0.306. The van der Waals surface area contributed by atoms with Crippen molar-refractivity contribution in [1.29, 1.82) is 0 Å². The van der Waals surface area contributed by atoms with Crippen LogP contribution in [-0.4, -0.2) is 12.3 Å². The van der Waals surface area contributed by atoms with E-state index in [1.165, 1.54) is 11.1 Å². The lowest BCUT2D eigenvalue weighted by Gasteiger charge is -2.06. The second-order valence-corrected chi connectivity index (χ2v) is 4.06. The van der Waals surface area contributed by atoms with Crippen LogP contribution < -0.4 is 5.32 Å². The zero-order valence-corrected chi connectivity index (χ0v) is 8.76. The Morgan fingerprint density at radius 2 is 2.07 bits per heavy atom. The number of Topliss-reactive ketones (excluding diaryl/α,β-unsaturated/α-hetero) is 1. The molecule has 0 unspecified atom stereocenters. The van der Waals surface area contributed by atoms with Gasteiger partial charge in [-0.3, -0.25) is 4.79 Å². The fourth-order valence-corrected chi connectivity index (χ4v) is 2.12. The summed E-state index contributed by atoms with van der Waals surface area (Å²) >= 11 is 0. The average molecular weight is 190 g/mol. The second-order valence-electron chi connectivity index (χ2n) is 4.06. The summed E-state index contributed by atoms with van der Waals surface area (Å²) < 4.78 is 0. The number of nitrogens with two attached hydrogens (primary N) is 1. The molecule has 0 saturated heterocycles. The van der Waals surface area contributed by atoms with Gasteiger partial charge in [0.2, 0.25) is 0 Å². The first-order chi connectivity index (χ1) is 6.68. The maximum Gasteiger partial charge on any atom is 0.169 e. The van der Waals surface area contributed by atoms with Crippen LogP contribution in [0.1, 0.15) is 34.3 Å². The van der Waals surface area contributed by atoms with Crippen LogP contribution in [0.25, 0.3) is 0 Å². The summed E-state index contributed by atoms with van der Waals surface area (Å²) in [6.07, 6.45) is 1.69. The van der Waals surface area contributed by atoms with Gasteiger partial charge in [-0.1, -0.05) is 6.07 Å². The smallest absolute Gasteiger partial charge is 0.169 e. The van der Waals surface area contributed by atoms with Crippen LogP contribution in [0.2, 0.25) is 0 Å². The Morgan fingerprint density at radius 3 is 2.86 bits per heavy atom. The molecule has 2 heteroatoms. The first-order valence-electron chi connectivity index (χ1n) is 5.16. The van der Waals surface area contributed by atoms with E-state index in [1.807, 2.05) is 13.0 Å². The van der Waals surface area contributed by atoms with Crippen LogP contribution in [0.4, 0.5) is 5.69 Å². The zero-order chi connectivity index (χ0) is 10.1. The number of aryl methyl sites for hydroxylation is 2. The quantitative estimate of drug-likeness (QED) is 0.618. The maximum atomic E-state index is 11.8. The molecule has 2 N–H and O–H groups in total. The molecular weight excluding hydrogens is 174 g/mol. The van der Waals surface area contributed by atoms with Crippen LogP contribution in [0.5, 0.6) is 0 Å². The Labute approximate surface area is 84.3 Å². The van der Waals surface area contributed by atoms with Gasteiger partial charge < -0.3 is 5.32 Å². The number of hydrogen-bond donors (Lipinski definition) is 1. The lowest BCUT2D eigenvalue weighted by atomic mass is 10.0. The lowest BCUT2D eigenvalue weighted by molar-refractivity contribution is -0.571. The molecule has 0 aliphatic carbocycles. The number of hydrogen-bond acceptors (Lipinski definition) is 1. The number of carbonyl (C=O) groups excluding carboxylic acids is 1. The van der Waals surface area contributed by atoms with Gasteiger partial charge >= 0.3 is 0 Å². The third kappa shape index (κ3) is 1.58. The summed E-state index contributed by atoms with van der Waals surface area (Å²) in [4.78, 5) is 11.8. The highest BCUT2D eigenvalue weighted by Crippen LogP contribution is 2.21. The Kier molecular flexibility index (Phi) is 2.38. The Bertz CT molecular complexity index is 382. The highest BCUT2D eigenvalue weighted by molar-refractivity contribution is 6.00. The summed E-state index contributed by atoms with van der Waals surface area (Å²) in [6.45, 7) is 5.16. The van der Waals surface area contributed by atoms with E-state index < -0.39 is 0 Å². The maximum absolute atomic E-state index is 11.8. The molecule has 2 nitrogen and oxygen atoms in total. The number of rotatable bonds is 0. The number of benzene rings is 1. The van der Waals surface area contributed by atoms with Crippen molar-refractivity contribution in [2.24, 2.45) is 0 Å². The molecule has 2 rings (SSSR count). The van der Waals surface area contributed by atoms with Gasteiger partial charge in [-0.15, -0.1) is 0 Å². The van der Waals surface area contributed by atoms with Gasteiger partial charge in [0.05, 0.1) is 12.1 Å². The van der Waals surface area contributed by atoms with Gasteiger partial charge in [-0.05, 0) is 25.5 Å². The normalized spacial score (nSPS) is 16.3. The van der Waals surface area contributed by atoms with Crippen molar-refractivity contribution >= 4 is 11.5 Å². The van der Waals surface area contributed by atoms with Gasteiger partial charge in [-0.25, -0.2) is 0 Å². The molecule has 0 atom stereocenters. The van der Waals surface area contributed by atoms with Crippen molar-refractivity contribution in [3.05, 3.63) is 28.8 Å². The topological polar surface area (TPSA) is 33.7 Å². The molecule has 0 fully saturated rings. The number of carbonyl (C=O) groups is 1. The van der Waals surface area contributed by atoms with Gasteiger partial charge in [0.15, 0.2) is 5.78 Å². The predicted octanol–water partition coefficient (Wildman–Crippen LogP) is 1.47. The zero-order valence-electron chi connectivity index (χ0n) is 8.76. The van der Waals surface area contributed by atoms with Crippen molar-refractivity contribution in [1.82, 2.24) is 0 Å². The van der Waals surface area contributed by atoms with Gasteiger partial charge in [0, 0.05) is 18.4 Å². The van der Waals surface area contributed by atoms with E-state index in [1.54, 1.807) is 0 Å². The monoisotopic (exact) mass is 190 g/mol. The first kappa shape index (κ1) is 9.41. The average Bonchev–Trinajstić information content (AvgIpc) is 2.29. The molecular formula is C12H16NO+. The van der Waals surface area contributed by atoms with E-state index >= 15 is 0 Å². The summed E-state index contributed by atoms with van der Waals surface area (Å²) in [5.41, 5.74) is 4.51.